The average molecular weight is 263 g/mol. The van der Waals surface area contributed by atoms with Gasteiger partial charge in [-0.2, -0.15) is 0 Å². The average Bonchev–Trinajstić information content (AvgIpc) is 2.10. The Hall–Kier alpha value is -0.540. The first-order valence-electron chi connectivity index (χ1n) is 3.88. The third-order valence-corrected chi connectivity index (χ3v) is 2.75. The van der Waals surface area contributed by atoms with Crippen LogP contribution in [0.25, 0.3) is 0 Å². The van der Waals surface area contributed by atoms with Gasteiger partial charge in [-0.25, -0.2) is 0 Å². The van der Waals surface area contributed by atoms with Gasteiger partial charge in [0.05, 0.1) is 5.02 Å². The van der Waals surface area contributed by atoms with Crippen LogP contribution < -0.4 is 5.32 Å². The summed E-state index contributed by atoms with van der Waals surface area (Å²) in [5.41, 5.74) is 0.579. The van der Waals surface area contributed by atoms with Gasteiger partial charge in [0, 0.05) is 16.6 Å². The van der Waals surface area contributed by atoms with Crippen molar-refractivity contribution in [2.24, 2.45) is 0 Å². The molecule has 1 rings (SSSR count). The Bertz CT molecular complexity index is 327. The fourth-order valence-electron chi connectivity index (χ4n) is 0.900. The van der Waals surface area contributed by atoms with Crippen molar-refractivity contribution in [1.82, 2.24) is 5.32 Å². The van der Waals surface area contributed by atoms with E-state index in [1.54, 1.807) is 18.2 Å². The van der Waals surface area contributed by atoms with Crippen molar-refractivity contribution in [2.75, 3.05) is 6.54 Å². The van der Waals surface area contributed by atoms with Crippen LogP contribution >= 0.6 is 27.5 Å². The summed E-state index contributed by atoms with van der Waals surface area (Å²) in [6.07, 6.45) is 0. The topological polar surface area (TPSA) is 29.1 Å². The van der Waals surface area contributed by atoms with Crippen molar-refractivity contribution in [3.63, 3.8) is 0 Å². The molecule has 2 nitrogen and oxygen atoms in total. The summed E-state index contributed by atoms with van der Waals surface area (Å²) in [6, 6.07) is 5.12. The van der Waals surface area contributed by atoms with Gasteiger partial charge in [-0.05, 0) is 41.1 Å². The predicted octanol–water partition coefficient (Wildman–Crippen LogP) is 2.85. The number of benzene rings is 1. The molecule has 13 heavy (non-hydrogen) atoms. The van der Waals surface area contributed by atoms with Gasteiger partial charge < -0.3 is 5.32 Å². The maximum Gasteiger partial charge on any atom is 0.251 e. The number of amides is 1. The zero-order chi connectivity index (χ0) is 9.84. The molecule has 0 saturated carbocycles. The molecule has 0 saturated heterocycles. The Morgan fingerprint density at radius 1 is 1.62 bits per heavy atom. The van der Waals surface area contributed by atoms with E-state index in [1.807, 2.05) is 6.92 Å². The van der Waals surface area contributed by atoms with E-state index in [2.05, 4.69) is 21.2 Å². The molecule has 0 aliphatic carbocycles. The van der Waals surface area contributed by atoms with Gasteiger partial charge in [0.1, 0.15) is 0 Å². The molecule has 0 fully saturated rings. The number of nitrogens with one attached hydrogen (secondary N) is 1. The van der Waals surface area contributed by atoms with Crippen LogP contribution in [0.4, 0.5) is 0 Å². The number of halogens is 2. The van der Waals surface area contributed by atoms with Gasteiger partial charge in [-0.1, -0.05) is 11.6 Å². The predicted molar refractivity (Wildman–Crippen MR) is 57.2 cm³/mol. The van der Waals surface area contributed by atoms with Crippen molar-refractivity contribution in [1.29, 1.82) is 0 Å². The summed E-state index contributed by atoms with van der Waals surface area (Å²) in [4.78, 5) is 11.3. The SMILES string of the molecule is CCNC(=O)c1ccc(Br)c(Cl)c1. The van der Waals surface area contributed by atoms with Crippen LogP contribution in [0.1, 0.15) is 17.3 Å². The minimum absolute atomic E-state index is 0.100. The highest BCUT2D eigenvalue weighted by Crippen LogP contribution is 2.22. The molecule has 0 spiro atoms. The molecule has 70 valence electrons. The molecule has 1 aromatic carbocycles. The quantitative estimate of drug-likeness (QED) is 0.872. The fraction of sp³-hybridized carbons (Fsp3) is 0.222. The zero-order valence-corrected chi connectivity index (χ0v) is 9.45. The van der Waals surface area contributed by atoms with Crippen molar-refractivity contribution >= 4 is 33.4 Å². The molecule has 4 heteroatoms. The Labute approximate surface area is 90.4 Å². The van der Waals surface area contributed by atoms with Crippen LogP contribution in [0.15, 0.2) is 22.7 Å². The number of carbonyl (C=O) groups excluding carboxylic acids is 1. The summed E-state index contributed by atoms with van der Waals surface area (Å²) >= 11 is 9.08. The summed E-state index contributed by atoms with van der Waals surface area (Å²) in [6.45, 7) is 2.49. The molecule has 0 aliphatic rings. The van der Waals surface area contributed by atoms with Crippen LogP contribution in [0.2, 0.25) is 5.02 Å². The number of hydrogen-bond acceptors (Lipinski definition) is 1. The van der Waals surface area contributed by atoms with E-state index >= 15 is 0 Å². The summed E-state index contributed by atoms with van der Waals surface area (Å²) in [5, 5.41) is 3.24. The summed E-state index contributed by atoms with van der Waals surface area (Å²) in [7, 11) is 0. The third kappa shape index (κ3) is 2.71. The van der Waals surface area contributed by atoms with Gasteiger partial charge >= 0.3 is 0 Å². The molecule has 0 heterocycles. The van der Waals surface area contributed by atoms with E-state index in [9.17, 15) is 4.79 Å². The Morgan fingerprint density at radius 2 is 2.31 bits per heavy atom. The lowest BCUT2D eigenvalue weighted by Crippen LogP contribution is -2.22. The fourth-order valence-corrected chi connectivity index (χ4v) is 1.33. The maximum atomic E-state index is 11.3. The highest BCUT2D eigenvalue weighted by molar-refractivity contribution is 9.10. The van der Waals surface area contributed by atoms with Gasteiger partial charge in [0.15, 0.2) is 0 Å². The second-order valence-electron chi connectivity index (χ2n) is 2.49. The molecule has 1 amide bonds. The Morgan fingerprint density at radius 3 is 2.85 bits per heavy atom. The maximum absolute atomic E-state index is 11.3. The van der Waals surface area contributed by atoms with Crippen molar-refractivity contribution in [3.05, 3.63) is 33.3 Å². The molecular weight excluding hydrogens is 253 g/mol. The largest absolute Gasteiger partial charge is 0.352 e. The van der Waals surface area contributed by atoms with Crippen LogP contribution in [-0.2, 0) is 0 Å². The number of carbonyl (C=O) groups is 1. The molecule has 0 radical (unpaired) electrons. The molecule has 1 aromatic rings. The third-order valence-electron chi connectivity index (χ3n) is 1.52. The van der Waals surface area contributed by atoms with Gasteiger partial charge in [-0.15, -0.1) is 0 Å². The smallest absolute Gasteiger partial charge is 0.251 e. The second-order valence-corrected chi connectivity index (χ2v) is 3.75. The van der Waals surface area contributed by atoms with Gasteiger partial charge in [0.25, 0.3) is 5.91 Å². The van der Waals surface area contributed by atoms with Crippen molar-refractivity contribution < 1.29 is 4.79 Å². The molecule has 1 N–H and O–H groups in total. The normalized spacial score (nSPS) is 9.77. The van der Waals surface area contributed by atoms with Crippen molar-refractivity contribution in [3.8, 4) is 0 Å². The molecule has 0 aromatic heterocycles. The first-order chi connectivity index (χ1) is 6.15. The summed E-state index contributed by atoms with van der Waals surface area (Å²) < 4.78 is 0.794. The van der Waals surface area contributed by atoms with E-state index in [1.165, 1.54) is 0 Å². The molecular formula is C9H9BrClNO. The molecule has 0 aliphatic heterocycles. The minimum Gasteiger partial charge on any atom is -0.352 e. The van der Waals surface area contributed by atoms with Crippen LogP contribution in [0.5, 0.6) is 0 Å². The standard InChI is InChI=1S/C9H9BrClNO/c1-2-12-9(13)6-3-4-7(10)8(11)5-6/h3-5H,2H2,1H3,(H,12,13). The second kappa shape index (κ2) is 4.63. The van der Waals surface area contributed by atoms with Gasteiger partial charge in [-0.3, -0.25) is 4.79 Å². The van der Waals surface area contributed by atoms with E-state index in [4.69, 9.17) is 11.6 Å². The summed E-state index contributed by atoms with van der Waals surface area (Å²) in [5.74, 6) is -0.100. The monoisotopic (exact) mass is 261 g/mol. The van der Waals surface area contributed by atoms with Crippen LogP contribution in [0.3, 0.4) is 0 Å². The first-order valence-corrected chi connectivity index (χ1v) is 5.05. The highest BCUT2D eigenvalue weighted by Gasteiger charge is 2.05. The minimum atomic E-state index is -0.100. The lowest BCUT2D eigenvalue weighted by Gasteiger charge is -2.02. The number of hydrogen-bond donors (Lipinski definition) is 1. The zero-order valence-electron chi connectivity index (χ0n) is 7.10. The first kappa shape index (κ1) is 10.5. The molecule has 0 unspecified atom stereocenters. The van der Waals surface area contributed by atoms with E-state index in [0.717, 1.165) is 4.47 Å². The Balaban J connectivity index is 2.90. The van der Waals surface area contributed by atoms with Crippen LogP contribution in [0, 0.1) is 0 Å². The molecule has 0 bridgehead atoms. The highest BCUT2D eigenvalue weighted by atomic mass is 79.9. The van der Waals surface area contributed by atoms with E-state index in [-0.39, 0.29) is 5.91 Å². The van der Waals surface area contributed by atoms with Gasteiger partial charge in [0.2, 0.25) is 0 Å². The lowest BCUT2D eigenvalue weighted by molar-refractivity contribution is 0.0956. The molecule has 0 atom stereocenters. The van der Waals surface area contributed by atoms with E-state index < -0.39 is 0 Å². The van der Waals surface area contributed by atoms with Crippen LogP contribution in [-0.4, -0.2) is 12.5 Å². The van der Waals surface area contributed by atoms with E-state index in [0.29, 0.717) is 17.1 Å². The Kier molecular flexibility index (Phi) is 3.75. The van der Waals surface area contributed by atoms with Crippen molar-refractivity contribution in [2.45, 2.75) is 6.92 Å². The number of rotatable bonds is 2. The lowest BCUT2D eigenvalue weighted by atomic mass is 10.2.